The molecule has 0 radical (unpaired) electrons. The van der Waals surface area contributed by atoms with E-state index in [1.54, 1.807) is 12.1 Å². The summed E-state index contributed by atoms with van der Waals surface area (Å²) in [5.41, 5.74) is 1.80. The molecule has 5 rings (SSSR count). The SMILES string of the molecule is Cc1ccc(F)c2cc(C(=O)NC3CCCC(N4CCC5(CC4)COC(=O)N5)C3)[nH]c12. The molecule has 3 fully saturated rings. The van der Waals surface area contributed by atoms with Crippen molar-refractivity contribution in [3.05, 3.63) is 35.3 Å². The van der Waals surface area contributed by atoms with Crippen LogP contribution in [-0.4, -0.2) is 59.2 Å². The highest BCUT2D eigenvalue weighted by Crippen LogP contribution is 2.31. The zero-order valence-corrected chi connectivity index (χ0v) is 17.8. The van der Waals surface area contributed by atoms with Crippen molar-refractivity contribution in [2.24, 2.45) is 0 Å². The number of hydrogen-bond donors (Lipinski definition) is 3. The Morgan fingerprint density at radius 1 is 1.29 bits per heavy atom. The third-order valence-corrected chi connectivity index (χ3v) is 7.29. The minimum atomic E-state index is -0.319. The Balaban J connectivity index is 1.20. The van der Waals surface area contributed by atoms with E-state index in [4.69, 9.17) is 4.74 Å². The van der Waals surface area contributed by atoms with Gasteiger partial charge in [-0.15, -0.1) is 0 Å². The maximum Gasteiger partial charge on any atom is 0.407 e. The Bertz CT molecular complexity index is 973. The highest BCUT2D eigenvalue weighted by molar-refractivity contribution is 5.99. The first kappa shape index (κ1) is 20.3. The highest BCUT2D eigenvalue weighted by Gasteiger charge is 2.43. The van der Waals surface area contributed by atoms with Crippen LogP contribution >= 0.6 is 0 Å². The van der Waals surface area contributed by atoms with Gasteiger partial charge >= 0.3 is 6.09 Å². The van der Waals surface area contributed by atoms with Crippen LogP contribution in [0.1, 0.15) is 54.6 Å². The second-order valence-electron chi connectivity index (χ2n) is 9.34. The molecule has 2 atom stereocenters. The fraction of sp³-hybridized carbons (Fsp3) is 0.565. The van der Waals surface area contributed by atoms with Gasteiger partial charge in [0.2, 0.25) is 0 Å². The third kappa shape index (κ3) is 3.89. The number of cyclic esters (lactones) is 1. The number of benzene rings is 1. The zero-order valence-electron chi connectivity index (χ0n) is 17.8. The molecule has 166 valence electrons. The first-order valence-electron chi connectivity index (χ1n) is 11.2. The molecule has 2 unspecified atom stereocenters. The number of carbonyl (C=O) groups is 2. The molecule has 2 aliphatic heterocycles. The lowest BCUT2D eigenvalue weighted by molar-refractivity contribution is 0.0698. The van der Waals surface area contributed by atoms with Gasteiger partial charge in [0.05, 0.1) is 11.1 Å². The lowest BCUT2D eigenvalue weighted by atomic mass is 9.85. The van der Waals surface area contributed by atoms with Crippen LogP contribution in [0, 0.1) is 12.7 Å². The van der Waals surface area contributed by atoms with Crippen molar-refractivity contribution in [3.8, 4) is 0 Å². The van der Waals surface area contributed by atoms with Crippen LogP contribution < -0.4 is 10.6 Å². The van der Waals surface area contributed by atoms with Crippen molar-refractivity contribution in [1.29, 1.82) is 0 Å². The number of piperidine rings is 1. The minimum Gasteiger partial charge on any atom is -0.447 e. The van der Waals surface area contributed by atoms with E-state index in [1.165, 1.54) is 6.07 Å². The molecule has 1 saturated carbocycles. The minimum absolute atomic E-state index is 0.106. The number of fused-ring (bicyclic) bond motifs is 1. The van der Waals surface area contributed by atoms with E-state index < -0.39 is 0 Å². The number of aromatic amines is 1. The van der Waals surface area contributed by atoms with Crippen molar-refractivity contribution >= 4 is 22.9 Å². The molecule has 3 N–H and O–H groups in total. The number of aryl methyl sites for hydroxylation is 1. The van der Waals surface area contributed by atoms with Gasteiger partial charge < -0.3 is 25.3 Å². The largest absolute Gasteiger partial charge is 0.447 e. The third-order valence-electron chi connectivity index (χ3n) is 7.29. The normalized spacial score (nSPS) is 26.1. The number of nitrogens with one attached hydrogen (secondary N) is 3. The Morgan fingerprint density at radius 3 is 2.81 bits per heavy atom. The monoisotopic (exact) mass is 428 g/mol. The molecule has 8 heteroatoms. The Kier molecular flexibility index (Phi) is 5.12. The van der Waals surface area contributed by atoms with Gasteiger partial charge in [-0.3, -0.25) is 4.79 Å². The van der Waals surface area contributed by atoms with Gasteiger partial charge in [-0.25, -0.2) is 9.18 Å². The van der Waals surface area contributed by atoms with Gasteiger partial charge in [0.1, 0.15) is 18.1 Å². The van der Waals surface area contributed by atoms with E-state index in [0.717, 1.165) is 57.2 Å². The summed E-state index contributed by atoms with van der Waals surface area (Å²) in [6.07, 6.45) is 5.54. The molecule has 2 saturated heterocycles. The topological polar surface area (TPSA) is 86.5 Å². The summed E-state index contributed by atoms with van der Waals surface area (Å²) in [7, 11) is 0. The van der Waals surface area contributed by atoms with Gasteiger partial charge in [-0.05, 0) is 63.1 Å². The van der Waals surface area contributed by atoms with E-state index in [2.05, 4.69) is 20.5 Å². The molecule has 1 spiro atoms. The van der Waals surface area contributed by atoms with Crippen LogP contribution in [0.2, 0.25) is 0 Å². The van der Waals surface area contributed by atoms with Crippen molar-refractivity contribution in [2.75, 3.05) is 19.7 Å². The van der Waals surface area contributed by atoms with Gasteiger partial charge in [0.15, 0.2) is 0 Å². The summed E-state index contributed by atoms with van der Waals surface area (Å²) in [5.74, 6) is -0.496. The predicted octanol–water partition coefficient (Wildman–Crippen LogP) is 3.23. The molecule has 3 aliphatic rings. The molecule has 0 bridgehead atoms. The maximum atomic E-state index is 14.1. The number of nitrogens with zero attached hydrogens (tertiary/aromatic N) is 1. The number of amides is 2. The summed E-state index contributed by atoms with van der Waals surface area (Å²) < 4.78 is 19.2. The van der Waals surface area contributed by atoms with E-state index in [0.29, 0.717) is 29.2 Å². The maximum absolute atomic E-state index is 14.1. The van der Waals surface area contributed by atoms with Crippen LogP contribution in [0.15, 0.2) is 18.2 Å². The summed E-state index contributed by atoms with van der Waals surface area (Å²) in [5, 5.41) is 6.61. The molecule has 2 aromatic rings. The van der Waals surface area contributed by atoms with Gasteiger partial charge in [-0.1, -0.05) is 6.07 Å². The van der Waals surface area contributed by atoms with E-state index >= 15 is 0 Å². The average molecular weight is 429 g/mol. The summed E-state index contributed by atoms with van der Waals surface area (Å²) in [6, 6.07) is 5.29. The summed E-state index contributed by atoms with van der Waals surface area (Å²) in [6.45, 7) is 4.22. The predicted molar refractivity (Wildman–Crippen MR) is 115 cm³/mol. The Labute approximate surface area is 180 Å². The first-order chi connectivity index (χ1) is 14.9. The number of aromatic nitrogens is 1. The van der Waals surface area contributed by atoms with E-state index in [-0.39, 0.29) is 29.4 Å². The molecule has 1 aliphatic carbocycles. The Hall–Kier alpha value is -2.61. The van der Waals surface area contributed by atoms with Crippen molar-refractivity contribution in [3.63, 3.8) is 0 Å². The fourth-order valence-corrected chi connectivity index (χ4v) is 5.42. The number of H-pyrrole nitrogens is 1. The van der Waals surface area contributed by atoms with Gasteiger partial charge in [0.25, 0.3) is 5.91 Å². The standard InChI is InChI=1S/C23H29FN4O3/c1-14-5-6-18(24)17-12-19(26-20(14)17)21(29)25-15-3-2-4-16(11-15)28-9-7-23(8-10-28)13-31-22(30)27-23/h5-6,12,15-16,26H,2-4,7-11,13H2,1H3,(H,25,29)(H,27,30). The lowest BCUT2D eigenvalue weighted by Gasteiger charge is -2.44. The smallest absolute Gasteiger partial charge is 0.407 e. The van der Waals surface area contributed by atoms with Crippen molar-refractivity contribution in [1.82, 2.24) is 20.5 Å². The number of likely N-dealkylation sites (tertiary alicyclic amines) is 1. The quantitative estimate of drug-likeness (QED) is 0.701. The lowest BCUT2D eigenvalue weighted by Crippen LogP contribution is -2.55. The fourth-order valence-electron chi connectivity index (χ4n) is 5.42. The molecular weight excluding hydrogens is 399 g/mol. The number of ether oxygens (including phenoxy) is 1. The van der Waals surface area contributed by atoms with Gasteiger partial charge in [-0.2, -0.15) is 0 Å². The molecule has 2 amide bonds. The van der Waals surface area contributed by atoms with Crippen LogP contribution in [0.25, 0.3) is 10.9 Å². The highest BCUT2D eigenvalue weighted by atomic mass is 19.1. The summed E-state index contributed by atoms with van der Waals surface area (Å²) >= 11 is 0. The van der Waals surface area contributed by atoms with Crippen LogP contribution in [0.4, 0.5) is 9.18 Å². The number of rotatable bonds is 3. The van der Waals surface area contributed by atoms with Crippen molar-refractivity contribution < 1.29 is 18.7 Å². The van der Waals surface area contributed by atoms with Crippen LogP contribution in [-0.2, 0) is 4.74 Å². The number of halogens is 1. The molecule has 7 nitrogen and oxygen atoms in total. The molecule has 1 aromatic heterocycles. The van der Waals surface area contributed by atoms with Gasteiger partial charge in [0, 0.05) is 30.6 Å². The number of hydrogen-bond acceptors (Lipinski definition) is 4. The van der Waals surface area contributed by atoms with Crippen LogP contribution in [0.3, 0.4) is 0 Å². The second kappa shape index (κ2) is 7.82. The molecular formula is C23H29FN4O3. The molecule has 3 heterocycles. The zero-order chi connectivity index (χ0) is 21.6. The number of alkyl carbamates (subject to hydrolysis) is 1. The van der Waals surface area contributed by atoms with E-state index in [1.807, 2.05) is 6.92 Å². The number of carbonyl (C=O) groups excluding carboxylic acids is 2. The summed E-state index contributed by atoms with van der Waals surface area (Å²) in [4.78, 5) is 29.9. The molecule has 1 aromatic carbocycles. The van der Waals surface area contributed by atoms with Crippen LogP contribution in [0.5, 0.6) is 0 Å². The van der Waals surface area contributed by atoms with E-state index in [9.17, 15) is 14.0 Å². The molecule has 31 heavy (non-hydrogen) atoms. The first-order valence-corrected chi connectivity index (χ1v) is 11.2. The second-order valence-corrected chi connectivity index (χ2v) is 9.34. The Morgan fingerprint density at radius 2 is 2.10 bits per heavy atom. The average Bonchev–Trinajstić information content (AvgIpc) is 3.37. The van der Waals surface area contributed by atoms with Crippen molar-refractivity contribution in [2.45, 2.75) is 63.1 Å².